The van der Waals surface area contributed by atoms with E-state index in [2.05, 4.69) is 50.5 Å². The van der Waals surface area contributed by atoms with Crippen molar-refractivity contribution in [2.45, 2.75) is 37.9 Å². The first-order valence-electron chi connectivity index (χ1n) is 7.92. The zero-order valence-corrected chi connectivity index (χ0v) is 16.8. The van der Waals surface area contributed by atoms with Gasteiger partial charge in [-0.05, 0) is 48.8 Å². The number of aromatic nitrogens is 4. The maximum Gasteiger partial charge on any atom is 0.279 e. The van der Waals surface area contributed by atoms with Crippen LogP contribution in [0.3, 0.4) is 0 Å². The van der Waals surface area contributed by atoms with Gasteiger partial charge in [0.15, 0.2) is 22.1 Å². The third-order valence-corrected chi connectivity index (χ3v) is 6.26. The van der Waals surface area contributed by atoms with E-state index in [0.717, 1.165) is 6.16 Å². The van der Waals surface area contributed by atoms with E-state index < -0.39 is 31.4 Å². The highest BCUT2D eigenvalue weighted by Crippen LogP contribution is 2.40. The number of nitrogens with zero attached hydrogens (tertiary/aromatic N) is 3. The van der Waals surface area contributed by atoms with Crippen LogP contribution in [0.25, 0.3) is 11.2 Å². The summed E-state index contributed by atoms with van der Waals surface area (Å²) >= 11 is 3.30. The second-order valence-electron chi connectivity index (χ2n) is 7.07. The number of H-pyrrole nitrogens is 1. The first-order valence-corrected chi connectivity index (χ1v) is 11.8. The van der Waals surface area contributed by atoms with Crippen LogP contribution in [0.4, 0.5) is 0 Å². The molecular weight excluding hydrogens is 411 g/mol. The maximum absolute atomic E-state index is 12.1. The number of nitrogens with one attached hydrogen (secondary N) is 1. The summed E-state index contributed by atoms with van der Waals surface area (Å²) in [6.07, 6.45) is 2.06. The van der Waals surface area contributed by atoms with Crippen LogP contribution in [-0.4, -0.2) is 73.8 Å². The average molecular weight is 433 g/mol. The van der Waals surface area contributed by atoms with Gasteiger partial charge in [-0.15, -0.1) is 13.2 Å². The van der Waals surface area contributed by atoms with Crippen LogP contribution in [0.1, 0.15) is 18.5 Å². The van der Waals surface area contributed by atoms with Gasteiger partial charge in [0.2, 0.25) is 0 Å². The van der Waals surface area contributed by atoms with Crippen molar-refractivity contribution in [1.82, 2.24) is 19.5 Å². The topological polar surface area (TPSA) is 113 Å². The minimum Gasteiger partial charge on any atom is -0.388 e. The normalized spacial score (nSPS) is 27.3. The SMILES string of the molecule is C=P(C)(C)CC[C@H]1OC(n2c(Br)nc3c(=O)[nH]c(C)nc32)[C@H](O)[C@@H]1O. The molecule has 0 amide bonds. The van der Waals surface area contributed by atoms with E-state index in [4.69, 9.17) is 4.74 Å². The van der Waals surface area contributed by atoms with Crippen molar-refractivity contribution in [3.05, 3.63) is 20.9 Å². The largest absolute Gasteiger partial charge is 0.388 e. The minimum absolute atomic E-state index is 0.149. The van der Waals surface area contributed by atoms with Crippen molar-refractivity contribution in [3.8, 4) is 0 Å². The van der Waals surface area contributed by atoms with Gasteiger partial charge in [-0.2, -0.15) is 0 Å². The number of aliphatic hydroxyl groups excluding tert-OH is 2. The molecule has 0 spiro atoms. The Morgan fingerprint density at radius 2 is 2.04 bits per heavy atom. The number of aryl methyl sites for hydroxylation is 1. The van der Waals surface area contributed by atoms with Gasteiger partial charge in [0.1, 0.15) is 18.0 Å². The lowest BCUT2D eigenvalue weighted by atomic mass is 10.1. The summed E-state index contributed by atoms with van der Waals surface area (Å²) in [6, 6.07) is 0. The van der Waals surface area contributed by atoms with E-state index in [1.807, 2.05) is 0 Å². The second kappa shape index (κ2) is 6.63. The van der Waals surface area contributed by atoms with Crippen molar-refractivity contribution in [2.75, 3.05) is 19.5 Å². The highest BCUT2D eigenvalue weighted by molar-refractivity contribution is 9.10. The predicted octanol–water partition coefficient (Wildman–Crippen LogP) is 0.909. The molecular formula is C15H22BrN4O4P. The highest BCUT2D eigenvalue weighted by Gasteiger charge is 2.44. The summed E-state index contributed by atoms with van der Waals surface area (Å²) in [4.78, 5) is 23.1. The summed E-state index contributed by atoms with van der Waals surface area (Å²) in [5.41, 5.74) is 0.0844. The molecule has 1 aliphatic rings. The summed E-state index contributed by atoms with van der Waals surface area (Å²) < 4.78 is 7.75. The third-order valence-electron chi connectivity index (χ3n) is 4.24. The third kappa shape index (κ3) is 3.61. The van der Waals surface area contributed by atoms with E-state index in [0.29, 0.717) is 22.6 Å². The monoisotopic (exact) mass is 432 g/mol. The quantitative estimate of drug-likeness (QED) is 0.488. The Morgan fingerprint density at radius 1 is 1.36 bits per heavy atom. The summed E-state index contributed by atoms with van der Waals surface area (Å²) in [5, 5.41) is 20.9. The van der Waals surface area contributed by atoms with E-state index in [9.17, 15) is 15.0 Å². The number of imidazole rings is 1. The molecule has 1 unspecified atom stereocenters. The fourth-order valence-electron chi connectivity index (χ4n) is 2.95. The molecule has 10 heteroatoms. The van der Waals surface area contributed by atoms with Crippen LogP contribution in [0.15, 0.2) is 9.53 Å². The number of hydrogen-bond donors (Lipinski definition) is 3. The number of halogens is 1. The number of aromatic amines is 1. The lowest BCUT2D eigenvalue weighted by Gasteiger charge is -2.19. The Bertz CT molecular complexity index is 905. The van der Waals surface area contributed by atoms with E-state index in [-0.39, 0.29) is 11.1 Å². The summed E-state index contributed by atoms with van der Waals surface area (Å²) in [5.74, 6) is 0.430. The molecule has 8 nitrogen and oxygen atoms in total. The van der Waals surface area contributed by atoms with Gasteiger partial charge in [0.05, 0.1) is 6.10 Å². The van der Waals surface area contributed by atoms with Crippen LogP contribution >= 0.6 is 22.8 Å². The Kier molecular flexibility index (Phi) is 4.98. The first-order chi connectivity index (χ1) is 11.6. The molecule has 1 aliphatic heterocycles. The minimum atomic E-state index is -1.26. The smallest absolute Gasteiger partial charge is 0.279 e. The zero-order chi connectivity index (χ0) is 18.5. The van der Waals surface area contributed by atoms with Gasteiger partial charge in [0.25, 0.3) is 5.56 Å². The van der Waals surface area contributed by atoms with Gasteiger partial charge in [-0.1, -0.05) is 0 Å². The predicted molar refractivity (Wildman–Crippen MR) is 102 cm³/mol. The number of fused-ring (bicyclic) bond motifs is 1. The number of hydrogen-bond acceptors (Lipinski definition) is 6. The zero-order valence-electron chi connectivity index (χ0n) is 14.3. The van der Waals surface area contributed by atoms with Gasteiger partial charge < -0.3 is 19.9 Å². The van der Waals surface area contributed by atoms with E-state index in [1.54, 1.807) is 6.92 Å². The molecule has 3 N–H and O–H groups in total. The first kappa shape index (κ1) is 18.8. The van der Waals surface area contributed by atoms with Gasteiger partial charge in [-0.3, -0.25) is 9.36 Å². The molecule has 0 radical (unpaired) electrons. The van der Waals surface area contributed by atoms with Crippen molar-refractivity contribution in [2.24, 2.45) is 0 Å². The standard InChI is InChI=1S/C15H22BrN4O4P/c1-7-17-12-9(13(23)18-7)19-15(16)20(12)14-11(22)10(21)8(24-14)5-6-25(2,3)4/h8,10-11,14,21-22H,2,5-6H2,1,3-4H3,(H,17,18,23)/t8-,10-,11-,14?/m1/s1. The average Bonchev–Trinajstić information content (AvgIpc) is 2.95. The van der Waals surface area contributed by atoms with Crippen LogP contribution in [0.5, 0.6) is 0 Å². The molecule has 0 aliphatic carbocycles. The van der Waals surface area contributed by atoms with Gasteiger partial charge in [-0.25, -0.2) is 9.97 Å². The van der Waals surface area contributed by atoms with Crippen LogP contribution in [0, 0.1) is 6.92 Å². The maximum atomic E-state index is 12.1. The molecule has 25 heavy (non-hydrogen) atoms. The molecule has 1 saturated heterocycles. The molecule has 0 aromatic carbocycles. The lowest BCUT2D eigenvalue weighted by molar-refractivity contribution is -0.0366. The molecule has 0 saturated carbocycles. The number of rotatable bonds is 4. The molecule has 3 rings (SSSR count). The Balaban J connectivity index is 1.97. The fraction of sp³-hybridized carbons (Fsp3) is 0.600. The van der Waals surface area contributed by atoms with Crippen LogP contribution in [-0.2, 0) is 4.74 Å². The van der Waals surface area contributed by atoms with Gasteiger partial charge >= 0.3 is 0 Å². The second-order valence-corrected chi connectivity index (χ2v) is 12.1. The van der Waals surface area contributed by atoms with Crippen LogP contribution in [0.2, 0.25) is 0 Å². The van der Waals surface area contributed by atoms with E-state index >= 15 is 0 Å². The molecule has 138 valence electrons. The molecule has 1 fully saturated rings. The van der Waals surface area contributed by atoms with Crippen molar-refractivity contribution in [3.63, 3.8) is 0 Å². The summed E-state index contributed by atoms with van der Waals surface area (Å²) in [7, 11) is 0. The molecule has 2 aromatic rings. The molecule has 4 atom stereocenters. The summed E-state index contributed by atoms with van der Waals surface area (Å²) in [6.45, 7) is 4.62. The number of aliphatic hydroxyl groups is 2. The lowest BCUT2D eigenvalue weighted by Crippen LogP contribution is -2.32. The van der Waals surface area contributed by atoms with Crippen molar-refractivity contribution in [1.29, 1.82) is 0 Å². The van der Waals surface area contributed by atoms with E-state index in [1.165, 1.54) is 4.57 Å². The Labute approximate surface area is 153 Å². The highest BCUT2D eigenvalue weighted by atomic mass is 79.9. The van der Waals surface area contributed by atoms with Crippen LogP contribution < -0.4 is 5.56 Å². The fourth-order valence-corrected chi connectivity index (χ4v) is 4.45. The molecule has 0 bridgehead atoms. The molecule has 2 aromatic heterocycles. The Morgan fingerprint density at radius 3 is 2.68 bits per heavy atom. The van der Waals surface area contributed by atoms with Crippen molar-refractivity contribution >= 4 is 40.3 Å². The Hall–Kier alpha value is -0.990. The molecule has 3 heterocycles. The van der Waals surface area contributed by atoms with Crippen molar-refractivity contribution < 1.29 is 14.9 Å². The number of ether oxygens (including phenoxy) is 1. The van der Waals surface area contributed by atoms with Gasteiger partial charge in [0, 0.05) is 0 Å².